The normalized spacial score (nSPS) is 17.6. The number of carboxylic acids is 2. The Kier molecular flexibility index (Phi) is 10.8. The molecule has 0 amide bonds. The van der Waals surface area contributed by atoms with Crippen LogP contribution in [0.3, 0.4) is 0 Å². The van der Waals surface area contributed by atoms with E-state index in [1.54, 1.807) is 24.3 Å². The zero-order chi connectivity index (χ0) is 30.8. The van der Waals surface area contributed by atoms with Gasteiger partial charge in [-0.3, -0.25) is 0 Å². The lowest BCUT2D eigenvalue weighted by Crippen LogP contribution is -2.53. The van der Waals surface area contributed by atoms with Gasteiger partial charge in [-0.2, -0.15) is 0 Å². The highest BCUT2D eigenvalue weighted by atomic mass is 19.1. The van der Waals surface area contributed by atoms with E-state index in [1.165, 1.54) is 24.3 Å². The van der Waals surface area contributed by atoms with Crippen LogP contribution in [0.4, 0.5) is 8.78 Å². The Morgan fingerprint density at radius 2 is 1.42 bits per heavy atom. The fourth-order valence-electron chi connectivity index (χ4n) is 5.28. The minimum absolute atomic E-state index is 0.00301. The SMILES string of the molecule is CC1Oc2ccccc2COC12CCN(CCC=C(c1ccc(F)cc1)c1ccc(F)cc1)CC2.O=C(O)/C=C\C(=O)O. The summed E-state index contributed by atoms with van der Waals surface area (Å²) in [6, 6.07) is 21.1. The molecule has 0 radical (unpaired) electrons. The number of halogens is 2. The van der Waals surface area contributed by atoms with E-state index in [0.717, 1.165) is 66.9 Å². The minimum Gasteiger partial charge on any atom is -0.487 e. The summed E-state index contributed by atoms with van der Waals surface area (Å²) >= 11 is 0. The van der Waals surface area contributed by atoms with Crippen LogP contribution in [0.15, 0.2) is 91.0 Å². The number of hydrogen-bond acceptors (Lipinski definition) is 5. The monoisotopic (exact) mass is 591 g/mol. The highest BCUT2D eigenvalue weighted by Crippen LogP contribution is 2.38. The number of carboxylic acid groups (broad SMARTS) is 2. The van der Waals surface area contributed by atoms with Gasteiger partial charge in [0.1, 0.15) is 29.1 Å². The van der Waals surface area contributed by atoms with Gasteiger partial charge in [0.15, 0.2) is 0 Å². The van der Waals surface area contributed by atoms with Crippen molar-refractivity contribution in [2.45, 2.75) is 44.5 Å². The van der Waals surface area contributed by atoms with Gasteiger partial charge >= 0.3 is 11.9 Å². The molecule has 2 heterocycles. The zero-order valence-corrected chi connectivity index (χ0v) is 23.9. The highest BCUT2D eigenvalue weighted by molar-refractivity contribution is 5.89. The van der Waals surface area contributed by atoms with Crippen molar-refractivity contribution in [3.8, 4) is 5.75 Å². The van der Waals surface area contributed by atoms with Crippen LogP contribution in [0.2, 0.25) is 0 Å². The van der Waals surface area contributed by atoms with Crippen molar-refractivity contribution in [1.82, 2.24) is 4.90 Å². The number of piperidine rings is 1. The summed E-state index contributed by atoms with van der Waals surface area (Å²) in [7, 11) is 0. The van der Waals surface area contributed by atoms with Crippen LogP contribution in [-0.2, 0) is 20.9 Å². The predicted molar refractivity (Wildman–Crippen MR) is 159 cm³/mol. The van der Waals surface area contributed by atoms with Gasteiger partial charge in [0.25, 0.3) is 0 Å². The number of nitrogens with zero attached hydrogens (tertiary/aromatic N) is 1. The molecule has 1 fully saturated rings. The molecule has 1 unspecified atom stereocenters. The van der Waals surface area contributed by atoms with E-state index in [0.29, 0.717) is 18.8 Å². The Morgan fingerprint density at radius 3 is 1.95 bits per heavy atom. The molecule has 9 heteroatoms. The second-order valence-electron chi connectivity index (χ2n) is 10.5. The molecule has 1 spiro atoms. The van der Waals surface area contributed by atoms with E-state index >= 15 is 0 Å². The van der Waals surface area contributed by atoms with Crippen molar-refractivity contribution in [2.75, 3.05) is 19.6 Å². The van der Waals surface area contributed by atoms with E-state index in [1.807, 2.05) is 18.2 Å². The van der Waals surface area contributed by atoms with Crippen molar-refractivity contribution in [3.05, 3.63) is 119 Å². The zero-order valence-electron chi connectivity index (χ0n) is 23.9. The Labute approximate surface area is 249 Å². The average molecular weight is 592 g/mol. The van der Waals surface area contributed by atoms with E-state index in [-0.39, 0.29) is 23.3 Å². The summed E-state index contributed by atoms with van der Waals surface area (Å²) in [5.41, 5.74) is 3.68. The Balaban J connectivity index is 0.000000467. The molecular formula is C34H35F2NO6. The molecule has 3 aromatic rings. The molecule has 0 aliphatic carbocycles. The topological polar surface area (TPSA) is 96.3 Å². The Hall–Kier alpha value is -4.34. The van der Waals surface area contributed by atoms with Crippen molar-refractivity contribution >= 4 is 17.5 Å². The molecule has 226 valence electrons. The predicted octanol–water partition coefficient (Wildman–Crippen LogP) is 6.33. The molecular weight excluding hydrogens is 556 g/mol. The number of benzene rings is 3. The van der Waals surface area contributed by atoms with Crippen LogP contribution in [0.5, 0.6) is 5.75 Å². The minimum atomic E-state index is -1.26. The van der Waals surface area contributed by atoms with Crippen molar-refractivity contribution in [2.24, 2.45) is 0 Å². The van der Waals surface area contributed by atoms with Crippen LogP contribution in [0, 0.1) is 11.6 Å². The number of rotatable bonds is 7. The lowest BCUT2D eigenvalue weighted by atomic mass is 9.86. The van der Waals surface area contributed by atoms with Crippen molar-refractivity contribution < 1.29 is 38.1 Å². The number of hydrogen-bond donors (Lipinski definition) is 2. The lowest BCUT2D eigenvalue weighted by molar-refractivity contribution is -0.135. The largest absolute Gasteiger partial charge is 0.487 e. The molecule has 2 aliphatic heterocycles. The maximum Gasteiger partial charge on any atom is 0.328 e. The summed E-state index contributed by atoms with van der Waals surface area (Å²) in [6.07, 6.45) is 5.98. The fourth-order valence-corrected chi connectivity index (χ4v) is 5.28. The lowest BCUT2D eigenvalue weighted by Gasteiger charge is -2.43. The molecule has 0 bridgehead atoms. The Morgan fingerprint density at radius 1 is 0.884 bits per heavy atom. The fraction of sp³-hybridized carbons (Fsp3) is 0.294. The van der Waals surface area contributed by atoms with Gasteiger partial charge in [-0.05, 0) is 73.2 Å². The van der Waals surface area contributed by atoms with Gasteiger partial charge in [0, 0.05) is 37.3 Å². The molecule has 1 atom stereocenters. The van der Waals surface area contributed by atoms with Gasteiger partial charge in [-0.25, -0.2) is 18.4 Å². The third-order valence-electron chi connectivity index (χ3n) is 7.71. The van der Waals surface area contributed by atoms with Gasteiger partial charge in [-0.1, -0.05) is 48.5 Å². The summed E-state index contributed by atoms with van der Waals surface area (Å²) < 4.78 is 39.8. The van der Waals surface area contributed by atoms with E-state index in [9.17, 15) is 18.4 Å². The number of carbonyl (C=O) groups is 2. The van der Waals surface area contributed by atoms with Crippen LogP contribution >= 0.6 is 0 Å². The first-order chi connectivity index (χ1) is 20.6. The summed E-state index contributed by atoms with van der Waals surface area (Å²) in [5.74, 6) is -2.12. The molecule has 0 aromatic heterocycles. The van der Waals surface area contributed by atoms with E-state index in [4.69, 9.17) is 19.7 Å². The number of ether oxygens (including phenoxy) is 2. The second kappa shape index (κ2) is 14.7. The number of fused-ring (bicyclic) bond motifs is 1. The van der Waals surface area contributed by atoms with Crippen molar-refractivity contribution in [3.63, 3.8) is 0 Å². The van der Waals surface area contributed by atoms with Crippen LogP contribution < -0.4 is 4.74 Å². The highest BCUT2D eigenvalue weighted by Gasteiger charge is 2.43. The first-order valence-corrected chi connectivity index (χ1v) is 14.1. The van der Waals surface area contributed by atoms with E-state index < -0.39 is 11.9 Å². The molecule has 43 heavy (non-hydrogen) atoms. The van der Waals surface area contributed by atoms with Gasteiger partial charge in [0.05, 0.1) is 6.61 Å². The smallest absolute Gasteiger partial charge is 0.328 e. The molecule has 0 saturated carbocycles. The third-order valence-corrected chi connectivity index (χ3v) is 7.71. The van der Waals surface area contributed by atoms with Gasteiger partial charge < -0.3 is 24.6 Å². The average Bonchev–Trinajstić information content (AvgIpc) is 3.13. The third kappa shape index (κ3) is 8.83. The van der Waals surface area contributed by atoms with Gasteiger partial charge in [-0.15, -0.1) is 0 Å². The van der Waals surface area contributed by atoms with Crippen molar-refractivity contribution in [1.29, 1.82) is 0 Å². The first kappa shape index (κ1) is 31.6. The molecule has 2 aliphatic rings. The summed E-state index contributed by atoms with van der Waals surface area (Å²) in [4.78, 5) is 21.6. The summed E-state index contributed by atoms with van der Waals surface area (Å²) in [6.45, 7) is 5.51. The molecule has 7 nitrogen and oxygen atoms in total. The van der Waals surface area contributed by atoms with Gasteiger partial charge in [0.2, 0.25) is 0 Å². The first-order valence-electron chi connectivity index (χ1n) is 14.1. The van der Waals surface area contributed by atoms with Crippen LogP contribution in [0.1, 0.15) is 42.9 Å². The number of para-hydroxylation sites is 1. The quantitative estimate of drug-likeness (QED) is 0.310. The standard InChI is InChI=1S/C30H31F2NO2.C4H4O4/c1-22-30(34-21-25-5-2-3-7-29(25)35-22)16-19-33(20-17-30)18-4-6-28(23-8-12-26(31)13-9-23)24-10-14-27(32)15-11-24;5-3(6)1-2-4(7)8/h2-3,5-15,22H,4,16-21H2,1H3;1-2H,(H,5,6)(H,7,8)/b;2-1-. The molecule has 3 aromatic carbocycles. The Bertz CT molecular complexity index is 1380. The van der Waals surface area contributed by atoms with Crippen LogP contribution in [0.25, 0.3) is 5.57 Å². The molecule has 5 rings (SSSR count). The number of aliphatic carboxylic acids is 2. The summed E-state index contributed by atoms with van der Waals surface area (Å²) in [5, 5.41) is 15.6. The molecule has 2 N–H and O–H groups in total. The molecule has 1 saturated heterocycles. The number of likely N-dealkylation sites (tertiary alicyclic amines) is 1. The maximum atomic E-state index is 13.5. The second-order valence-corrected chi connectivity index (χ2v) is 10.5. The van der Waals surface area contributed by atoms with Crippen LogP contribution in [-0.4, -0.2) is 58.4 Å². The van der Waals surface area contributed by atoms with E-state index in [2.05, 4.69) is 24.0 Å². The maximum absolute atomic E-state index is 13.5.